The number of aliphatic carboxylic acids is 1. The molecule has 2 aliphatic rings. The molecule has 3 N–H and O–H groups in total. The number of nitrogens with zero attached hydrogens (tertiary/aromatic N) is 2. The van der Waals surface area contributed by atoms with Crippen molar-refractivity contribution in [1.82, 2.24) is 15.1 Å². The number of hydrogen-bond acceptors (Lipinski definition) is 5. The van der Waals surface area contributed by atoms with E-state index in [0.29, 0.717) is 12.3 Å². The van der Waals surface area contributed by atoms with Crippen LogP contribution in [0, 0.1) is 5.92 Å². The van der Waals surface area contributed by atoms with Gasteiger partial charge in [0.15, 0.2) is 0 Å². The standard InChI is InChI=1S/C26H26N4O5/c1-30-23(20(13-27-30)24(31)28-22(25(32)33)12-15-10-11-15)29-26(34)35-14-21-18-8-4-2-6-16(18)17-7-3-5-9-19(17)21/h2-9,13,15,21-22H,10-12,14H2,1H3,(H,28,31)(H,29,34)(H,32,33). The smallest absolute Gasteiger partial charge is 0.412 e. The van der Waals surface area contributed by atoms with E-state index in [-0.39, 0.29) is 23.9 Å². The highest BCUT2D eigenvalue weighted by Crippen LogP contribution is 2.44. The van der Waals surface area contributed by atoms with Crippen LogP contribution in [0.3, 0.4) is 0 Å². The summed E-state index contributed by atoms with van der Waals surface area (Å²) in [5.74, 6) is -1.33. The molecule has 1 aromatic heterocycles. The highest BCUT2D eigenvalue weighted by atomic mass is 16.5. The molecular formula is C26H26N4O5. The number of rotatable bonds is 8. The van der Waals surface area contributed by atoms with Crippen LogP contribution in [0.5, 0.6) is 0 Å². The van der Waals surface area contributed by atoms with Crippen molar-refractivity contribution < 1.29 is 24.2 Å². The van der Waals surface area contributed by atoms with Gasteiger partial charge in [0.05, 0.1) is 6.20 Å². The van der Waals surface area contributed by atoms with Crippen molar-refractivity contribution in [1.29, 1.82) is 0 Å². The predicted octanol–water partition coefficient (Wildman–Crippen LogP) is 3.76. The Hall–Kier alpha value is -4.14. The van der Waals surface area contributed by atoms with E-state index in [4.69, 9.17) is 4.74 Å². The maximum Gasteiger partial charge on any atom is 0.412 e. The Balaban J connectivity index is 1.26. The van der Waals surface area contributed by atoms with Gasteiger partial charge < -0.3 is 15.2 Å². The molecule has 1 heterocycles. The first-order valence-electron chi connectivity index (χ1n) is 11.6. The molecule has 9 heteroatoms. The molecule has 180 valence electrons. The summed E-state index contributed by atoms with van der Waals surface area (Å²) in [7, 11) is 1.58. The minimum absolute atomic E-state index is 0.0723. The fraction of sp³-hybridized carbons (Fsp3) is 0.308. The lowest BCUT2D eigenvalue weighted by atomic mass is 9.98. The molecule has 35 heavy (non-hydrogen) atoms. The minimum atomic E-state index is -1.08. The lowest BCUT2D eigenvalue weighted by Gasteiger charge is -2.16. The van der Waals surface area contributed by atoms with Crippen LogP contribution in [0.25, 0.3) is 11.1 Å². The Kier molecular flexibility index (Phi) is 5.98. The van der Waals surface area contributed by atoms with Gasteiger partial charge >= 0.3 is 12.1 Å². The van der Waals surface area contributed by atoms with E-state index in [1.807, 2.05) is 36.4 Å². The van der Waals surface area contributed by atoms with Gasteiger partial charge in [-0.05, 0) is 34.6 Å². The molecular weight excluding hydrogens is 448 g/mol. The Morgan fingerprint density at radius 2 is 1.71 bits per heavy atom. The number of aromatic nitrogens is 2. The van der Waals surface area contributed by atoms with E-state index in [0.717, 1.165) is 35.1 Å². The van der Waals surface area contributed by atoms with Crippen LogP contribution in [0.2, 0.25) is 0 Å². The maximum absolute atomic E-state index is 12.8. The summed E-state index contributed by atoms with van der Waals surface area (Å²) < 4.78 is 6.91. The summed E-state index contributed by atoms with van der Waals surface area (Å²) >= 11 is 0. The van der Waals surface area contributed by atoms with Gasteiger partial charge in [0, 0.05) is 13.0 Å². The number of carboxylic acid groups (broad SMARTS) is 1. The van der Waals surface area contributed by atoms with Gasteiger partial charge in [-0.15, -0.1) is 0 Å². The van der Waals surface area contributed by atoms with E-state index in [1.165, 1.54) is 10.9 Å². The second kappa shape index (κ2) is 9.25. The quantitative estimate of drug-likeness (QED) is 0.457. The van der Waals surface area contributed by atoms with Crippen molar-refractivity contribution in [3.63, 3.8) is 0 Å². The fourth-order valence-electron chi connectivity index (χ4n) is 4.63. The Morgan fingerprint density at radius 1 is 1.09 bits per heavy atom. The third-order valence-corrected chi connectivity index (χ3v) is 6.62. The molecule has 1 atom stereocenters. The Bertz CT molecular complexity index is 1250. The van der Waals surface area contributed by atoms with Crippen molar-refractivity contribution in [2.45, 2.75) is 31.2 Å². The Morgan fingerprint density at radius 3 is 2.31 bits per heavy atom. The average molecular weight is 475 g/mol. The number of ether oxygens (including phenoxy) is 1. The predicted molar refractivity (Wildman–Crippen MR) is 128 cm³/mol. The van der Waals surface area contributed by atoms with Crippen LogP contribution in [-0.2, 0) is 16.6 Å². The molecule has 2 aliphatic carbocycles. The SMILES string of the molecule is Cn1ncc(C(=O)NC(CC2CC2)C(=O)O)c1NC(=O)OCC1c2ccccc2-c2ccccc21. The lowest BCUT2D eigenvalue weighted by Crippen LogP contribution is -2.41. The summed E-state index contributed by atoms with van der Waals surface area (Å²) in [6.45, 7) is 0.127. The summed E-state index contributed by atoms with van der Waals surface area (Å²) in [6.07, 6.45) is 2.90. The minimum Gasteiger partial charge on any atom is -0.480 e. The molecule has 1 fully saturated rings. The zero-order valence-corrected chi connectivity index (χ0v) is 19.2. The monoisotopic (exact) mass is 474 g/mol. The molecule has 3 aromatic rings. The number of hydrogen-bond donors (Lipinski definition) is 3. The van der Waals surface area contributed by atoms with Crippen molar-refractivity contribution in [3.05, 3.63) is 71.4 Å². The van der Waals surface area contributed by atoms with E-state index < -0.39 is 24.0 Å². The third-order valence-electron chi connectivity index (χ3n) is 6.62. The molecule has 1 unspecified atom stereocenters. The molecule has 0 spiro atoms. The highest BCUT2D eigenvalue weighted by Gasteiger charge is 2.32. The molecule has 0 aliphatic heterocycles. The van der Waals surface area contributed by atoms with Gasteiger partial charge in [-0.3, -0.25) is 14.8 Å². The summed E-state index contributed by atoms with van der Waals surface area (Å²) in [6, 6.07) is 15.1. The van der Waals surface area contributed by atoms with Gasteiger partial charge in [0.2, 0.25) is 0 Å². The van der Waals surface area contributed by atoms with E-state index in [9.17, 15) is 19.5 Å². The second-order valence-corrected chi connectivity index (χ2v) is 9.02. The van der Waals surface area contributed by atoms with Gasteiger partial charge in [-0.25, -0.2) is 9.59 Å². The van der Waals surface area contributed by atoms with Crippen molar-refractivity contribution in [2.24, 2.45) is 13.0 Å². The lowest BCUT2D eigenvalue weighted by molar-refractivity contribution is -0.139. The molecule has 0 bridgehead atoms. The maximum atomic E-state index is 12.8. The van der Waals surface area contributed by atoms with Gasteiger partial charge in [-0.1, -0.05) is 61.4 Å². The number of aryl methyl sites for hydroxylation is 1. The molecule has 0 saturated heterocycles. The van der Waals surface area contributed by atoms with Gasteiger partial charge in [0.1, 0.15) is 24.0 Å². The third kappa shape index (κ3) is 4.62. The van der Waals surface area contributed by atoms with Crippen LogP contribution >= 0.6 is 0 Å². The van der Waals surface area contributed by atoms with Crippen molar-refractivity contribution >= 4 is 23.8 Å². The summed E-state index contributed by atoms with van der Waals surface area (Å²) in [5, 5.41) is 18.6. The van der Waals surface area contributed by atoms with Crippen molar-refractivity contribution in [2.75, 3.05) is 11.9 Å². The first-order chi connectivity index (χ1) is 16.9. The van der Waals surface area contributed by atoms with Gasteiger partial charge in [0.25, 0.3) is 5.91 Å². The molecule has 5 rings (SSSR count). The normalized spacial score (nSPS) is 15.1. The molecule has 2 amide bonds. The van der Waals surface area contributed by atoms with E-state index >= 15 is 0 Å². The van der Waals surface area contributed by atoms with E-state index in [1.54, 1.807) is 7.05 Å². The topological polar surface area (TPSA) is 123 Å². The summed E-state index contributed by atoms with van der Waals surface area (Å²) in [4.78, 5) is 37.1. The number of nitrogens with one attached hydrogen (secondary N) is 2. The highest BCUT2D eigenvalue weighted by molar-refractivity contribution is 6.03. The summed E-state index contributed by atoms with van der Waals surface area (Å²) in [5.41, 5.74) is 4.52. The average Bonchev–Trinajstić information content (AvgIpc) is 3.52. The molecule has 9 nitrogen and oxygen atoms in total. The number of carboxylic acids is 1. The number of anilines is 1. The van der Waals surface area contributed by atoms with Crippen LogP contribution in [0.4, 0.5) is 10.6 Å². The zero-order chi connectivity index (χ0) is 24.5. The van der Waals surface area contributed by atoms with Crippen LogP contribution in [-0.4, -0.2) is 45.5 Å². The number of benzene rings is 2. The number of carbonyl (C=O) groups is 3. The molecule has 2 aromatic carbocycles. The zero-order valence-electron chi connectivity index (χ0n) is 19.2. The number of carbonyl (C=O) groups excluding carboxylic acids is 2. The van der Waals surface area contributed by atoms with Crippen LogP contribution in [0.1, 0.15) is 46.7 Å². The van der Waals surface area contributed by atoms with Crippen molar-refractivity contribution in [3.8, 4) is 11.1 Å². The first kappa shape index (κ1) is 22.6. The van der Waals surface area contributed by atoms with Gasteiger partial charge in [-0.2, -0.15) is 5.10 Å². The molecule has 0 radical (unpaired) electrons. The van der Waals surface area contributed by atoms with E-state index in [2.05, 4.69) is 27.9 Å². The fourth-order valence-corrected chi connectivity index (χ4v) is 4.63. The van der Waals surface area contributed by atoms with Crippen LogP contribution in [0.15, 0.2) is 54.7 Å². The largest absolute Gasteiger partial charge is 0.480 e. The Labute approximate surface area is 202 Å². The first-order valence-corrected chi connectivity index (χ1v) is 11.6. The second-order valence-electron chi connectivity index (χ2n) is 9.02. The number of fused-ring (bicyclic) bond motifs is 3. The van der Waals surface area contributed by atoms with Crippen LogP contribution < -0.4 is 10.6 Å². The molecule has 1 saturated carbocycles. The number of amides is 2.